The van der Waals surface area contributed by atoms with Crippen molar-refractivity contribution in [2.45, 2.75) is 4.90 Å². The molecule has 0 spiro atoms. The van der Waals surface area contributed by atoms with Crippen LogP contribution >= 0.6 is 39.0 Å². The summed E-state index contributed by atoms with van der Waals surface area (Å²) in [6.07, 6.45) is 2.02. The zero-order valence-corrected chi connectivity index (χ0v) is 14.3. The number of rotatable bonds is 3. The summed E-state index contributed by atoms with van der Waals surface area (Å²) >= 11 is 6.51. The number of amides is 1. The van der Waals surface area contributed by atoms with Crippen molar-refractivity contribution in [3.05, 3.63) is 52.5 Å². The van der Waals surface area contributed by atoms with Crippen molar-refractivity contribution in [3.63, 3.8) is 0 Å². The maximum Gasteiger partial charge on any atom is 0.257 e. The second-order valence-corrected chi connectivity index (χ2v) is 7.08. The molecule has 3 rings (SSSR count). The molecule has 3 aromatic rings. The van der Waals surface area contributed by atoms with Gasteiger partial charge in [-0.25, -0.2) is 4.98 Å². The van der Waals surface area contributed by atoms with Crippen LogP contribution in [-0.2, 0) is 0 Å². The average molecular weight is 379 g/mol. The second kappa shape index (κ2) is 6.17. The third-order valence-corrected chi connectivity index (χ3v) is 5.11. The van der Waals surface area contributed by atoms with Crippen molar-refractivity contribution < 1.29 is 4.79 Å². The summed E-state index contributed by atoms with van der Waals surface area (Å²) in [5.41, 5.74) is 1.55. The fourth-order valence-corrected chi connectivity index (χ4v) is 3.86. The summed E-state index contributed by atoms with van der Waals surface area (Å²) < 4.78 is 1.95. The van der Waals surface area contributed by atoms with Gasteiger partial charge in [0.1, 0.15) is 0 Å². The Kier molecular flexibility index (Phi) is 4.28. The molecule has 0 aliphatic rings. The topological polar surface area (TPSA) is 42.0 Å². The molecule has 0 fully saturated rings. The van der Waals surface area contributed by atoms with E-state index in [2.05, 4.69) is 26.2 Å². The molecule has 0 saturated heterocycles. The lowest BCUT2D eigenvalue weighted by Crippen LogP contribution is -2.11. The maximum atomic E-state index is 12.2. The van der Waals surface area contributed by atoms with Crippen LogP contribution < -0.4 is 5.32 Å². The standard InChI is InChI=1S/C15H11BrN2OS2/c1-20-11-6-3-7-12-13(11)17-15(21-12)18-14(19)9-4-2-5-10(16)8-9/h2-8H,1H3,(H,17,18,19). The SMILES string of the molecule is CSc1cccc2sc(NC(=O)c3cccc(Br)c3)nc12. The molecule has 21 heavy (non-hydrogen) atoms. The lowest BCUT2D eigenvalue weighted by molar-refractivity contribution is 0.102. The van der Waals surface area contributed by atoms with E-state index in [0.29, 0.717) is 10.7 Å². The highest BCUT2D eigenvalue weighted by molar-refractivity contribution is 9.10. The van der Waals surface area contributed by atoms with Gasteiger partial charge >= 0.3 is 0 Å². The predicted molar refractivity (Wildman–Crippen MR) is 93.5 cm³/mol. The van der Waals surface area contributed by atoms with E-state index in [4.69, 9.17) is 0 Å². The Hall–Kier alpha value is -1.37. The quantitative estimate of drug-likeness (QED) is 0.649. The van der Waals surface area contributed by atoms with Gasteiger partial charge in [0.25, 0.3) is 5.91 Å². The molecule has 0 unspecified atom stereocenters. The Bertz CT molecular complexity index is 816. The predicted octanol–water partition coefficient (Wildman–Crippen LogP) is 5.03. The minimum absolute atomic E-state index is 0.152. The number of aromatic nitrogens is 1. The molecule has 3 nitrogen and oxygen atoms in total. The minimum Gasteiger partial charge on any atom is -0.298 e. The molecular formula is C15H11BrN2OS2. The number of fused-ring (bicyclic) bond motifs is 1. The largest absolute Gasteiger partial charge is 0.298 e. The van der Waals surface area contributed by atoms with Gasteiger partial charge in [0, 0.05) is 14.9 Å². The highest BCUT2D eigenvalue weighted by Crippen LogP contribution is 2.32. The normalized spacial score (nSPS) is 10.8. The van der Waals surface area contributed by atoms with Crippen LogP contribution in [-0.4, -0.2) is 17.1 Å². The molecule has 0 bridgehead atoms. The van der Waals surface area contributed by atoms with Crippen molar-refractivity contribution in [3.8, 4) is 0 Å². The summed E-state index contributed by atoms with van der Waals surface area (Å²) in [6.45, 7) is 0. The zero-order valence-electron chi connectivity index (χ0n) is 11.1. The van der Waals surface area contributed by atoms with Gasteiger partial charge in [0.2, 0.25) is 0 Å². The molecule has 1 heterocycles. The van der Waals surface area contributed by atoms with Crippen LogP contribution in [0.5, 0.6) is 0 Å². The van der Waals surface area contributed by atoms with E-state index in [1.54, 1.807) is 23.9 Å². The van der Waals surface area contributed by atoms with Crippen molar-refractivity contribution in [2.75, 3.05) is 11.6 Å². The number of nitrogens with zero attached hydrogens (tertiary/aromatic N) is 1. The maximum absolute atomic E-state index is 12.2. The number of para-hydroxylation sites is 1. The lowest BCUT2D eigenvalue weighted by atomic mass is 10.2. The monoisotopic (exact) mass is 378 g/mol. The number of carbonyl (C=O) groups is 1. The molecule has 0 saturated carbocycles. The van der Waals surface area contributed by atoms with E-state index in [0.717, 1.165) is 19.6 Å². The Morgan fingerprint density at radius 3 is 2.86 bits per heavy atom. The van der Waals surface area contributed by atoms with Crippen LogP contribution in [0, 0.1) is 0 Å². The smallest absolute Gasteiger partial charge is 0.257 e. The fraction of sp³-hybridized carbons (Fsp3) is 0.0667. The van der Waals surface area contributed by atoms with Crippen LogP contribution in [0.3, 0.4) is 0 Å². The van der Waals surface area contributed by atoms with Crippen LogP contribution in [0.25, 0.3) is 10.2 Å². The van der Waals surface area contributed by atoms with E-state index in [1.807, 2.05) is 36.6 Å². The number of nitrogens with one attached hydrogen (secondary N) is 1. The molecule has 0 aliphatic carbocycles. The van der Waals surface area contributed by atoms with E-state index in [1.165, 1.54) is 11.3 Å². The lowest BCUT2D eigenvalue weighted by Gasteiger charge is -2.01. The van der Waals surface area contributed by atoms with Crippen LogP contribution in [0.4, 0.5) is 5.13 Å². The number of carbonyl (C=O) groups excluding carboxylic acids is 1. The van der Waals surface area contributed by atoms with E-state index < -0.39 is 0 Å². The molecule has 2 aromatic carbocycles. The van der Waals surface area contributed by atoms with Gasteiger partial charge in [-0.2, -0.15) is 0 Å². The molecule has 1 N–H and O–H groups in total. The first-order valence-electron chi connectivity index (χ1n) is 6.18. The van der Waals surface area contributed by atoms with E-state index >= 15 is 0 Å². The first-order chi connectivity index (χ1) is 10.2. The van der Waals surface area contributed by atoms with Crippen LogP contribution in [0.2, 0.25) is 0 Å². The molecule has 6 heteroatoms. The Balaban J connectivity index is 1.90. The van der Waals surface area contributed by atoms with Gasteiger partial charge in [-0.3, -0.25) is 10.1 Å². The van der Waals surface area contributed by atoms with Crippen molar-refractivity contribution >= 4 is 60.3 Å². The van der Waals surface area contributed by atoms with Gasteiger partial charge in [-0.05, 0) is 36.6 Å². The number of halogens is 1. The summed E-state index contributed by atoms with van der Waals surface area (Å²) in [6, 6.07) is 13.3. The first kappa shape index (κ1) is 14.6. The number of thiazole rings is 1. The first-order valence-corrected chi connectivity index (χ1v) is 9.01. The summed E-state index contributed by atoms with van der Waals surface area (Å²) in [7, 11) is 0. The molecule has 1 amide bonds. The highest BCUT2D eigenvalue weighted by atomic mass is 79.9. The number of hydrogen-bond donors (Lipinski definition) is 1. The van der Waals surface area contributed by atoms with Crippen LogP contribution in [0.15, 0.2) is 51.8 Å². The number of benzene rings is 2. The Labute approximate surface area is 138 Å². The second-order valence-electron chi connectivity index (χ2n) is 4.29. The van der Waals surface area contributed by atoms with Crippen molar-refractivity contribution in [2.24, 2.45) is 0 Å². The van der Waals surface area contributed by atoms with Gasteiger partial charge in [0.05, 0.1) is 10.2 Å². The third-order valence-electron chi connectivity index (χ3n) is 2.91. The fourth-order valence-electron chi connectivity index (χ4n) is 1.94. The summed E-state index contributed by atoms with van der Waals surface area (Å²) in [5, 5.41) is 3.49. The third kappa shape index (κ3) is 3.12. The summed E-state index contributed by atoms with van der Waals surface area (Å²) in [5.74, 6) is -0.152. The van der Waals surface area contributed by atoms with Crippen LogP contribution in [0.1, 0.15) is 10.4 Å². The van der Waals surface area contributed by atoms with E-state index in [-0.39, 0.29) is 5.91 Å². The number of hydrogen-bond acceptors (Lipinski definition) is 4. The minimum atomic E-state index is -0.152. The van der Waals surface area contributed by atoms with Crippen molar-refractivity contribution in [1.82, 2.24) is 4.98 Å². The zero-order chi connectivity index (χ0) is 14.8. The molecular weight excluding hydrogens is 368 g/mol. The van der Waals surface area contributed by atoms with Crippen molar-refractivity contribution in [1.29, 1.82) is 0 Å². The van der Waals surface area contributed by atoms with E-state index in [9.17, 15) is 4.79 Å². The number of thioether (sulfide) groups is 1. The van der Waals surface area contributed by atoms with Gasteiger partial charge < -0.3 is 0 Å². The summed E-state index contributed by atoms with van der Waals surface area (Å²) in [4.78, 5) is 17.9. The Morgan fingerprint density at radius 1 is 1.29 bits per heavy atom. The molecule has 0 radical (unpaired) electrons. The Morgan fingerprint density at radius 2 is 2.10 bits per heavy atom. The van der Waals surface area contributed by atoms with Gasteiger partial charge in [-0.15, -0.1) is 11.8 Å². The molecule has 0 atom stereocenters. The number of anilines is 1. The molecule has 0 aliphatic heterocycles. The average Bonchev–Trinajstić information content (AvgIpc) is 2.89. The molecule has 106 valence electrons. The highest BCUT2D eigenvalue weighted by Gasteiger charge is 2.11. The van der Waals surface area contributed by atoms with Gasteiger partial charge in [0.15, 0.2) is 5.13 Å². The molecule has 1 aromatic heterocycles. The van der Waals surface area contributed by atoms with Gasteiger partial charge in [-0.1, -0.05) is 39.4 Å².